The highest BCUT2D eigenvalue weighted by Crippen LogP contribution is 2.24. The summed E-state index contributed by atoms with van der Waals surface area (Å²) in [4.78, 5) is 11.9. The lowest BCUT2D eigenvalue weighted by atomic mass is 10.2. The Morgan fingerprint density at radius 2 is 2.04 bits per heavy atom. The summed E-state index contributed by atoms with van der Waals surface area (Å²) in [5.41, 5.74) is 4.39. The van der Waals surface area contributed by atoms with Crippen molar-refractivity contribution in [1.29, 1.82) is 0 Å². The van der Waals surface area contributed by atoms with Crippen molar-refractivity contribution in [3.05, 3.63) is 64.6 Å². The monoisotopic (exact) mass is 429 g/mol. The van der Waals surface area contributed by atoms with Gasteiger partial charge >= 0.3 is 0 Å². The topological polar surface area (TPSA) is 72.2 Å². The third kappa shape index (κ3) is 4.80. The molecule has 0 aliphatic carbocycles. The number of thioether (sulfide) groups is 1. The fraction of sp³-hybridized carbons (Fsp3) is 0.111. The maximum Gasteiger partial charge on any atom is 0.250 e. The van der Waals surface area contributed by atoms with Gasteiger partial charge in [-0.1, -0.05) is 70.2 Å². The molecule has 0 aliphatic rings. The molecule has 132 valence electrons. The second kappa shape index (κ2) is 8.77. The number of hydrazone groups is 1. The van der Waals surface area contributed by atoms with Crippen LogP contribution < -0.4 is 5.43 Å². The molecular formula is C18H16BrN5OS. The Labute approximate surface area is 163 Å². The zero-order valence-corrected chi connectivity index (χ0v) is 16.4. The molecule has 1 amide bonds. The smallest absolute Gasteiger partial charge is 0.250 e. The second-order valence-corrected chi connectivity index (χ2v) is 7.23. The molecule has 0 fully saturated rings. The predicted octanol–water partition coefficient (Wildman–Crippen LogP) is 3.49. The molecular weight excluding hydrogens is 414 g/mol. The number of halogens is 1. The minimum absolute atomic E-state index is 0.200. The van der Waals surface area contributed by atoms with Crippen LogP contribution in [-0.4, -0.2) is 32.6 Å². The molecule has 1 heterocycles. The first-order chi connectivity index (χ1) is 12.6. The van der Waals surface area contributed by atoms with Crippen LogP contribution in [0.1, 0.15) is 5.56 Å². The molecule has 0 spiro atoms. The first kappa shape index (κ1) is 18.3. The number of carbonyl (C=O) groups is 1. The van der Waals surface area contributed by atoms with Gasteiger partial charge in [-0.3, -0.25) is 4.79 Å². The number of nitrogens with one attached hydrogen (secondary N) is 1. The van der Waals surface area contributed by atoms with E-state index in [9.17, 15) is 4.79 Å². The van der Waals surface area contributed by atoms with E-state index >= 15 is 0 Å². The summed E-state index contributed by atoms with van der Waals surface area (Å²) in [6.45, 7) is 0. The lowest BCUT2D eigenvalue weighted by Crippen LogP contribution is -2.19. The normalized spacial score (nSPS) is 11.0. The van der Waals surface area contributed by atoms with Crippen LogP contribution >= 0.6 is 27.7 Å². The molecule has 0 saturated heterocycles. The van der Waals surface area contributed by atoms with Crippen molar-refractivity contribution in [3.63, 3.8) is 0 Å². The number of aromatic nitrogens is 3. The maximum atomic E-state index is 11.9. The molecule has 6 nitrogen and oxygen atoms in total. The fourth-order valence-electron chi connectivity index (χ4n) is 2.20. The molecule has 0 atom stereocenters. The summed E-state index contributed by atoms with van der Waals surface area (Å²) < 4.78 is 2.84. The molecule has 0 bridgehead atoms. The van der Waals surface area contributed by atoms with Crippen molar-refractivity contribution < 1.29 is 4.79 Å². The minimum atomic E-state index is -0.200. The van der Waals surface area contributed by atoms with Crippen LogP contribution in [0.5, 0.6) is 0 Å². The summed E-state index contributed by atoms with van der Waals surface area (Å²) >= 11 is 4.77. The highest BCUT2D eigenvalue weighted by molar-refractivity contribution is 9.10. The van der Waals surface area contributed by atoms with Crippen LogP contribution in [-0.2, 0) is 11.8 Å². The van der Waals surface area contributed by atoms with Gasteiger partial charge < -0.3 is 4.57 Å². The summed E-state index contributed by atoms with van der Waals surface area (Å²) in [5, 5.41) is 13.0. The lowest BCUT2D eigenvalue weighted by Gasteiger charge is -2.04. The van der Waals surface area contributed by atoms with Crippen molar-refractivity contribution >= 4 is 39.8 Å². The molecule has 0 aliphatic heterocycles. The van der Waals surface area contributed by atoms with Crippen LogP contribution in [0.2, 0.25) is 0 Å². The van der Waals surface area contributed by atoms with Crippen molar-refractivity contribution in [1.82, 2.24) is 20.2 Å². The predicted molar refractivity (Wildman–Crippen MR) is 107 cm³/mol. The molecule has 0 radical (unpaired) electrons. The molecule has 3 aromatic rings. The zero-order valence-electron chi connectivity index (χ0n) is 14.0. The minimum Gasteiger partial charge on any atom is -0.305 e. The van der Waals surface area contributed by atoms with E-state index in [4.69, 9.17) is 0 Å². The van der Waals surface area contributed by atoms with E-state index in [0.717, 1.165) is 21.4 Å². The summed E-state index contributed by atoms with van der Waals surface area (Å²) in [7, 11) is 1.88. The Bertz CT molecular complexity index is 926. The van der Waals surface area contributed by atoms with Gasteiger partial charge in [0.15, 0.2) is 11.0 Å². The first-order valence-electron chi connectivity index (χ1n) is 7.78. The average molecular weight is 430 g/mol. The van der Waals surface area contributed by atoms with E-state index in [1.165, 1.54) is 11.8 Å². The largest absolute Gasteiger partial charge is 0.305 e. The average Bonchev–Trinajstić information content (AvgIpc) is 3.01. The number of amides is 1. The Morgan fingerprint density at radius 3 is 2.81 bits per heavy atom. The van der Waals surface area contributed by atoms with Gasteiger partial charge in [0.05, 0.1) is 12.0 Å². The Balaban J connectivity index is 1.56. The van der Waals surface area contributed by atoms with Gasteiger partial charge in [0.25, 0.3) is 5.91 Å². The molecule has 2 aromatic carbocycles. The molecule has 8 heteroatoms. The molecule has 26 heavy (non-hydrogen) atoms. The number of hydrogen-bond donors (Lipinski definition) is 1. The van der Waals surface area contributed by atoms with Gasteiger partial charge in [-0.05, 0) is 17.7 Å². The van der Waals surface area contributed by atoms with Crippen molar-refractivity contribution in [2.45, 2.75) is 5.16 Å². The SMILES string of the molecule is Cn1c(SCC(=O)NN=Cc2ccccc2)nnc1-c1cccc(Br)c1. The highest BCUT2D eigenvalue weighted by Gasteiger charge is 2.12. The van der Waals surface area contributed by atoms with E-state index in [-0.39, 0.29) is 11.7 Å². The van der Waals surface area contributed by atoms with Gasteiger partial charge in [0.1, 0.15) is 0 Å². The number of benzene rings is 2. The summed E-state index contributed by atoms with van der Waals surface area (Å²) in [6, 6.07) is 17.4. The maximum absolute atomic E-state index is 11.9. The van der Waals surface area contributed by atoms with Crippen LogP contribution in [0.4, 0.5) is 0 Å². The Kier molecular flexibility index (Phi) is 6.19. The van der Waals surface area contributed by atoms with Crippen molar-refractivity contribution in [3.8, 4) is 11.4 Å². The number of carbonyl (C=O) groups excluding carboxylic acids is 1. The number of hydrogen-bond acceptors (Lipinski definition) is 5. The molecule has 3 rings (SSSR count). The highest BCUT2D eigenvalue weighted by atomic mass is 79.9. The quantitative estimate of drug-likeness (QED) is 0.369. The van der Waals surface area contributed by atoms with E-state index in [2.05, 4.69) is 36.7 Å². The van der Waals surface area contributed by atoms with E-state index in [0.29, 0.717) is 5.16 Å². The summed E-state index contributed by atoms with van der Waals surface area (Å²) in [5.74, 6) is 0.752. The van der Waals surface area contributed by atoms with Crippen molar-refractivity contribution in [2.75, 3.05) is 5.75 Å². The van der Waals surface area contributed by atoms with Gasteiger partial charge in [-0.25, -0.2) is 5.43 Å². The standard InChI is InChI=1S/C18H16BrN5OS/c1-24-17(14-8-5-9-15(19)10-14)22-23-18(24)26-12-16(25)21-20-11-13-6-3-2-4-7-13/h2-11H,12H2,1H3,(H,21,25). The third-order valence-electron chi connectivity index (χ3n) is 3.45. The fourth-order valence-corrected chi connectivity index (χ4v) is 3.30. The van der Waals surface area contributed by atoms with Gasteiger partial charge in [0, 0.05) is 17.1 Å². The third-order valence-corrected chi connectivity index (χ3v) is 4.97. The first-order valence-corrected chi connectivity index (χ1v) is 9.56. The van der Waals surface area contributed by atoms with Crippen LogP contribution in [0, 0.1) is 0 Å². The zero-order chi connectivity index (χ0) is 18.4. The lowest BCUT2D eigenvalue weighted by molar-refractivity contribution is -0.118. The van der Waals surface area contributed by atoms with Gasteiger partial charge in [-0.2, -0.15) is 5.10 Å². The molecule has 0 unspecified atom stereocenters. The van der Waals surface area contributed by atoms with Crippen LogP contribution in [0.3, 0.4) is 0 Å². The summed E-state index contributed by atoms with van der Waals surface area (Å²) in [6.07, 6.45) is 1.61. The number of rotatable bonds is 6. The number of nitrogens with zero attached hydrogens (tertiary/aromatic N) is 4. The van der Waals surface area contributed by atoms with E-state index in [1.807, 2.05) is 66.2 Å². The molecule has 0 saturated carbocycles. The second-order valence-electron chi connectivity index (χ2n) is 5.37. The Morgan fingerprint density at radius 1 is 1.23 bits per heavy atom. The van der Waals surface area contributed by atoms with E-state index < -0.39 is 0 Å². The van der Waals surface area contributed by atoms with Crippen LogP contribution in [0.25, 0.3) is 11.4 Å². The van der Waals surface area contributed by atoms with E-state index in [1.54, 1.807) is 6.21 Å². The van der Waals surface area contributed by atoms with Crippen LogP contribution in [0.15, 0.2) is 69.3 Å². The van der Waals surface area contributed by atoms with Gasteiger partial charge in [0.2, 0.25) is 0 Å². The van der Waals surface area contributed by atoms with Crippen molar-refractivity contribution in [2.24, 2.45) is 12.1 Å². The van der Waals surface area contributed by atoms with Gasteiger partial charge in [-0.15, -0.1) is 10.2 Å². The Hall–Kier alpha value is -2.45. The molecule has 1 aromatic heterocycles. The molecule has 1 N–H and O–H groups in total.